The summed E-state index contributed by atoms with van der Waals surface area (Å²) in [6.45, 7) is 6.19. The highest BCUT2D eigenvalue weighted by Crippen LogP contribution is 2.22. The molecule has 0 spiro atoms. The Balaban J connectivity index is 0.00000280. The number of amides is 1. The molecule has 0 bridgehead atoms. The maximum absolute atomic E-state index is 11.7. The molecule has 168 valence electrons. The zero-order valence-electron chi connectivity index (χ0n) is 17.6. The van der Waals surface area contributed by atoms with Crippen molar-refractivity contribution in [3.8, 4) is 11.1 Å². The molecule has 8 heteroatoms. The molecule has 0 atom stereocenters. The molecule has 0 radical (unpaired) electrons. The minimum absolute atomic E-state index is 0. The van der Waals surface area contributed by atoms with Crippen molar-refractivity contribution in [1.82, 2.24) is 14.7 Å². The van der Waals surface area contributed by atoms with Crippen LogP contribution in [0.4, 0.5) is 0 Å². The van der Waals surface area contributed by atoms with Gasteiger partial charge in [-0.25, -0.2) is 0 Å². The van der Waals surface area contributed by atoms with Gasteiger partial charge in [-0.15, -0.1) is 37.2 Å². The van der Waals surface area contributed by atoms with E-state index in [0.717, 1.165) is 38.3 Å². The monoisotopic (exact) mass is 474 g/mol. The van der Waals surface area contributed by atoms with Crippen molar-refractivity contribution < 1.29 is 4.79 Å². The van der Waals surface area contributed by atoms with E-state index in [-0.39, 0.29) is 49.7 Å². The van der Waals surface area contributed by atoms with Gasteiger partial charge in [0.2, 0.25) is 5.91 Å². The van der Waals surface area contributed by atoms with Gasteiger partial charge in [-0.05, 0) is 35.4 Å². The van der Waals surface area contributed by atoms with Crippen molar-refractivity contribution in [2.75, 3.05) is 46.8 Å². The second-order valence-corrected chi connectivity index (χ2v) is 7.43. The van der Waals surface area contributed by atoms with Gasteiger partial charge in [-0.1, -0.05) is 42.5 Å². The zero-order chi connectivity index (χ0) is 19.2. The Kier molecular flexibility index (Phi) is 13.2. The Morgan fingerprint density at radius 2 is 1.57 bits per heavy atom. The molecule has 2 aromatic carbocycles. The topological polar surface area (TPSA) is 52.8 Å². The van der Waals surface area contributed by atoms with Crippen molar-refractivity contribution >= 4 is 43.1 Å². The molecule has 0 aromatic heterocycles. The van der Waals surface area contributed by atoms with Crippen LogP contribution in [0.2, 0.25) is 0 Å². The number of benzene rings is 2. The molecule has 1 saturated heterocycles. The Labute approximate surface area is 198 Å². The number of carbonyl (C=O) groups is 1. The standard InChI is InChI=1S/C22H30N4O.3ClH/c1-24-10-12-26(13-11-24)17-18-6-8-20(9-7-18)21-5-3-4-19(14-21)16-25(2)22(27)15-23;;;/h3-9,14H,10-13,15-17,23H2,1-2H3;3*1H. The fourth-order valence-corrected chi connectivity index (χ4v) is 3.43. The molecule has 1 aliphatic heterocycles. The van der Waals surface area contributed by atoms with Gasteiger partial charge in [-0.3, -0.25) is 9.69 Å². The maximum Gasteiger partial charge on any atom is 0.236 e. The number of hydrogen-bond acceptors (Lipinski definition) is 4. The predicted molar refractivity (Wildman–Crippen MR) is 132 cm³/mol. The average Bonchev–Trinajstić information content (AvgIpc) is 2.70. The Hall–Kier alpha value is -1.34. The average molecular weight is 476 g/mol. The van der Waals surface area contributed by atoms with E-state index >= 15 is 0 Å². The van der Waals surface area contributed by atoms with E-state index in [0.29, 0.717) is 6.54 Å². The summed E-state index contributed by atoms with van der Waals surface area (Å²) in [6, 6.07) is 17.2. The zero-order valence-corrected chi connectivity index (χ0v) is 20.1. The summed E-state index contributed by atoms with van der Waals surface area (Å²) in [5.41, 5.74) is 10.3. The van der Waals surface area contributed by atoms with E-state index in [1.54, 1.807) is 11.9 Å². The van der Waals surface area contributed by atoms with Gasteiger partial charge >= 0.3 is 0 Å². The molecule has 3 rings (SSSR count). The van der Waals surface area contributed by atoms with Gasteiger partial charge in [0.25, 0.3) is 0 Å². The van der Waals surface area contributed by atoms with Crippen LogP contribution in [0.5, 0.6) is 0 Å². The lowest BCUT2D eigenvalue weighted by Crippen LogP contribution is -2.43. The smallest absolute Gasteiger partial charge is 0.236 e. The van der Waals surface area contributed by atoms with E-state index in [9.17, 15) is 4.79 Å². The summed E-state index contributed by atoms with van der Waals surface area (Å²) in [5, 5.41) is 0. The van der Waals surface area contributed by atoms with Gasteiger partial charge in [0.1, 0.15) is 0 Å². The summed E-state index contributed by atoms with van der Waals surface area (Å²) in [7, 11) is 3.97. The molecule has 1 aliphatic rings. The largest absolute Gasteiger partial charge is 0.340 e. The second-order valence-electron chi connectivity index (χ2n) is 7.43. The lowest BCUT2D eigenvalue weighted by Gasteiger charge is -2.32. The Bertz CT molecular complexity index is 765. The summed E-state index contributed by atoms with van der Waals surface area (Å²) < 4.78 is 0. The molecule has 0 saturated carbocycles. The lowest BCUT2D eigenvalue weighted by atomic mass is 10.0. The lowest BCUT2D eigenvalue weighted by molar-refractivity contribution is -0.128. The fourth-order valence-electron chi connectivity index (χ4n) is 3.43. The molecule has 30 heavy (non-hydrogen) atoms. The van der Waals surface area contributed by atoms with Crippen molar-refractivity contribution in [2.45, 2.75) is 13.1 Å². The Morgan fingerprint density at radius 1 is 0.933 bits per heavy atom. The van der Waals surface area contributed by atoms with Crippen molar-refractivity contribution in [3.05, 3.63) is 59.7 Å². The first-order chi connectivity index (χ1) is 13.0. The van der Waals surface area contributed by atoms with E-state index in [4.69, 9.17) is 5.73 Å². The minimum Gasteiger partial charge on any atom is -0.340 e. The third-order valence-electron chi connectivity index (χ3n) is 5.24. The highest BCUT2D eigenvalue weighted by Gasteiger charge is 2.14. The predicted octanol–water partition coefficient (Wildman–Crippen LogP) is 3.28. The number of rotatable bonds is 6. The third kappa shape index (κ3) is 8.06. The quantitative estimate of drug-likeness (QED) is 0.696. The Morgan fingerprint density at radius 3 is 2.17 bits per heavy atom. The van der Waals surface area contributed by atoms with Crippen LogP contribution in [0, 0.1) is 0 Å². The molecule has 1 amide bonds. The van der Waals surface area contributed by atoms with Gasteiger partial charge in [0.05, 0.1) is 6.54 Å². The summed E-state index contributed by atoms with van der Waals surface area (Å²) >= 11 is 0. The van der Waals surface area contributed by atoms with Crippen LogP contribution in [-0.2, 0) is 17.9 Å². The van der Waals surface area contributed by atoms with E-state index in [1.807, 2.05) is 12.1 Å². The first-order valence-electron chi connectivity index (χ1n) is 9.58. The van der Waals surface area contributed by atoms with Crippen LogP contribution < -0.4 is 5.73 Å². The normalized spacial score (nSPS) is 14.1. The van der Waals surface area contributed by atoms with Crippen LogP contribution in [0.3, 0.4) is 0 Å². The van der Waals surface area contributed by atoms with Gasteiger partial charge in [-0.2, -0.15) is 0 Å². The van der Waals surface area contributed by atoms with Crippen LogP contribution in [0.1, 0.15) is 11.1 Å². The molecule has 2 N–H and O–H groups in total. The highest BCUT2D eigenvalue weighted by molar-refractivity contribution is 5.86. The first-order valence-corrected chi connectivity index (χ1v) is 9.58. The van der Waals surface area contributed by atoms with E-state index < -0.39 is 0 Å². The SMILES string of the molecule is CN1CCN(Cc2ccc(-c3cccc(CN(C)C(=O)CN)c3)cc2)CC1.Cl.Cl.Cl. The number of nitrogens with zero attached hydrogens (tertiary/aromatic N) is 3. The molecule has 1 heterocycles. The summed E-state index contributed by atoms with van der Waals surface area (Å²) in [4.78, 5) is 18.2. The molecule has 1 fully saturated rings. The van der Waals surface area contributed by atoms with Crippen molar-refractivity contribution in [3.63, 3.8) is 0 Å². The van der Waals surface area contributed by atoms with Gasteiger partial charge < -0.3 is 15.5 Å². The maximum atomic E-state index is 11.7. The van der Waals surface area contributed by atoms with Gasteiger partial charge in [0, 0.05) is 46.3 Å². The number of carbonyl (C=O) groups excluding carboxylic acids is 1. The third-order valence-corrected chi connectivity index (χ3v) is 5.24. The molecule has 0 aliphatic carbocycles. The summed E-state index contributed by atoms with van der Waals surface area (Å²) in [6.07, 6.45) is 0. The van der Waals surface area contributed by atoms with Crippen molar-refractivity contribution in [2.24, 2.45) is 5.73 Å². The van der Waals surface area contributed by atoms with E-state index in [2.05, 4.69) is 53.2 Å². The molecule has 0 unspecified atom stereocenters. The number of halogens is 3. The highest BCUT2D eigenvalue weighted by atomic mass is 35.5. The summed E-state index contributed by atoms with van der Waals surface area (Å²) in [5.74, 6) is -0.0475. The van der Waals surface area contributed by atoms with E-state index in [1.165, 1.54) is 16.7 Å². The minimum atomic E-state index is -0.0475. The number of piperazine rings is 1. The fraction of sp³-hybridized carbons (Fsp3) is 0.409. The van der Waals surface area contributed by atoms with Crippen LogP contribution in [0.15, 0.2) is 48.5 Å². The molecule has 5 nitrogen and oxygen atoms in total. The van der Waals surface area contributed by atoms with Crippen LogP contribution >= 0.6 is 37.2 Å². The first kappa shape index (κ1) is 28.7. The van der Waals surface area contributed by atoms with Crippen LogP contribution in [0.25, 0.3) is 11.1 Å². The second kappa shape index (κ2) is 13.9. The number of hydrogen-bond donors (Lipinski definition) is 1. The number of nitrogens with two attached hydrogens (primary N) is 1. The van der Waals surface area contributed by atoms with Crippen molar-refractivity contribution in [1.29, 1.82) is 0 Å². The van der Waals surface area contributed by atoms with Gasteiger partial charge in [0.15, 0.2) is 0 Å². The molecule has 2 aromatic rings. The molecular weight excluding hydrogens is 443 g/mol. The molecular formula is C22H33Cl3N4O. The van der Waals surface area contributed by atoms with Crippen LogP contribution in [-0.4, -0.2) is 67.4 Å². The number of likely N-dealkylation sites (N-methyl/N-ethyl adjacent to an activating group) is 2.